The molecule has 0 aliphatic rings. The minimum atomic E-state index is -1.75. The van der Waals surface area contributed by atoms with Gasteiger partial charge in [-0.05, 0) is 52.0 Å². The quantitative estimate of drug-likeness (QED) is 0.299. The molecule has 2 aromatic rings. The molecule has 0 fully saturated rings. The van der Waals surface area contributed by atoms with E-state index in [0.29, 0.717) is 11.4 Å². The first kappa shape index (κ1) is 35.7. The summed E-state index contributed by atoms with van der Waals surface area (Å²) in [5, 5.41) is 29.5. The molecule has 0 aliphatic carbocycles. The van der Waals surface area contributed by atoms with Gasteiger partial charge in [-0.15, -0.1) is 0 Å². The number of nitrogens with zero attached hydrogens (tertiary/aromatic N) is 6. The number of carbonyl (C=O) groups excluding carboxylic acids is 2. The molecule has 0 saturated carbocycles. The topological polar surface area (TPSA) is 199 Å². The van der Waals surface area contributed by atoms with Crippen LogP contribution in [0, 0.1) is 30.6 Å². The molecular weight excluding hydrogens is 511 g/mol. The van der Waals surface area contributed by atoms with Gasteiger partial charge in [0.05, 0.1) is 10.2 Å². The third kappa shape index (κ3) is 18.3. The second-order valence-electron chi connectivity index (χ2n) is 5.83. The van der Waals surface area contributed by atoms with Crippen molar-refractivity contribution in [2.45, 2.75) is 27.7 Å². The van der Waals surface area contributed by atoms with Crippen LogP contribution in [0.1, 0.15) is 48.7 Å². The first-order valence-corrected chi connectivity index (χ1v) is 10.1. The van der Waals surface area contributed by atoms with Crippen molar-refractivity contribution in [2.75, 3.05) is 26.2 Å². The molecule has 35 heavy (non-hydrogen) atoms. The Bertz CT molecular complexity index is 774. The molecule has 2 heterocycles. The van der Waals surface area contributed by atoms with Crippen molar-refractivity contribution in [2.24, 2.45) is 0 Å². The summed E-state index contributed by atoms with van der Waals surface area (Å²) < 4.78 is 0. The molecule has 196 valence electrons. The van der Waals surface area contributed by atoms with Gasteiger partial charge in [0, 0.05) is 38.6 Å². The van der Waals surface area contributed by atoms with Crippen molar-refractivity contribution in [3.63, 3.8) is 0 Å². The summed E-state index contributed by atoms with van der Waals surface area (Å²) in [5.74, 6) is 0.0104. The molecule has 2 amide bonds. The van der Waals surface area contributed by atoms with E-state index < -0.39 is 10.2 Å². The Kier molecular flexibility index (Phi) is 22.4. The first-order valence-electron chi connectivity index (χ1n) is 10.1. The molecule has 0 aromatic carbocycles. The molecule has 14 nitrogen and oxygen atoms in total. The van der Waals surface area contributed by atoms with Crippen molar-refractivity contribution >= 4 is 11.8 Å². The average molecular weight is 539 g/mol. The summed E-state index contributed by atoms with van der Waals surface area (Å²) in [6, 6.07) is 10.7. The monoisotopic (exact) mass is 538 g/mol. The van der Waals surface area contributed by atoms with Crippen LogP contribution >= 0.6 is 0 Å². The van der Waals surface area contributed by atoms with E-state index in [4.69, 9.17) is 30.6 Å². The summed E-state index contributed by atoms with van der Waals surface area (Å²) in [6.07, 6.45) is 3.27. The molecule has 0 N–H and O–H groups in total. The Morgan fingerprint density at radius 2 is 0.943 bits per heavy atom. The largest absolute Gasteiger partial charge is 2.00 e. The van der Waals surface area contributed by atoms with E-state index in [9.17, 15) is 9.59 Å². The fraction of sp³-hybridized carbons (Fsp3) is 0.400. The van der Waals surface area contributed by atoms with Crippen LogP contribution in [0.2, 0.25) is 0 Å². The zero-order valence-corrected chi connectivity index (χ0v) is 20.7. The summed E-state index contributed by atoms with van der Waals surface area (Å²) in [5.41, 5.74) is 1.04. The second-order valence-corrected chi connectivity index (χ2v) is 5.83. The fourth-order valence-electron chi connectivity index (χ4n) is 2.32. The number of hydrogen-bond donors (Lipinski definition) is 0. The Morgan fingerprint density at radius 3 is 1.11 bits per heavy atom. The number of hydrogen-bond acceptors (Lipinski definition) is 10. The molecule has 0 spiro atoms. The van der Waals surface area contributed by atoms with E-state index in [0.717, 1.165) is 26.2 Å². The average Bonchev–Trinajstić information content (AvgIpc) is 2.81. The van der Waals surface area contributed by atoms with Crippen LogP contribution in [-0.4, -0.2) is 67.9 Å². The third-order valence-corrected chi connectivity index (χ3v) is 3.87. The van der Waals surface area contributed by atoms with Crippen LogP contribution in [-0.2, 0) is 16.5 Å². The number of rotatable bonds is 6. The van der Waals surface area contributed by atoms with Crippen LogP contribution in [0.25, 0.3) is 0 Å². The van der Waals surface area contributed by atoms with Gasteiger partial charge >= 0.3 is 16.5 Å². The molecule has 0 saturated heterocycles. The SMILES string of the molecule is CCN(CC)C(=O)c1ccccn1.CCN(CC)C(=O)c1ccccn1.O=[N+]([O-])[O-].O=[N+]([O-])[O-].[Ni+2]. The van der Waals surface area contributed by atoms with E-state index in [2.05, 4.69) is 9.97 Å². The van der Waals surface area contributed by atoms with Crippen molar-refractivity contribution in [1.29, 1.82) is 0 Å². The van der Waals surface area contributed by atoms with Crippen LogP contribution < -0.4 is 0 Å². The Balaban J connectivity index is -0.000000440. The van der Waals surface area contributed by atoms with Gasteiger partial charge in [0.15, 0.2) is 0 Å². The molecular formula is C20H28N6NiO8. The molecule has 0 atom stereocenters. The van der Waals surface area contributed by atoms with Crippen molar-refractivity contribution in [1.82, 2.24) is 19.8 Å². The third-order valence-electron chi connectivity index (χ3n) is 3.87. The Hall–Kier alpha value is -3.87. The van der Waals surface area contributed by atoms with Gasteiger partial charge in [-0.25, -0.2) is 0 Å². The van der Waals surface area contributed by atoms with Crippen molar-refractivity contribution in [3.05, 3.63) is 90.8 Å². The van der Waals surface area contributed by atoms with Gasteiger partial charge in [0.2, 0.25) is 0 Å². The Morgan fingerprint density at radius 1 is 0.686 bits per heavy atom. The molecule has 2 rings (SSSR count). The van der Waals surface area contributed by atoms with Crippen molar-refractivity contribution < 1.29 is 36.3 Å². The predicted molar refractivity (Wildman–Crippen MR) is 124 cm³/mol. The maximum Gasteiger partial charge on any atom is 2.00 e. The molecule has 15 heteroatoms. The van der Waals surface area contributed by atoms with Crippen molar-refractivity contribution in [3.8, 4) is 0 Å². The molecule has 0 unspecified atom stereocenters. The van der Waals surface area contributed by atoms with Gasteiger partial charge in [-0.2, -0.15) is 0 Å². The molecule has 0 aliphatic heterocycles. The normalized spacial score (nSPS) is 8.57. The van der Waals surface area contributed by atoms with Gasteiger partial charge in [-0.1, -0.05) is 12.1 Å². The zero-order valence-electron chi connectivity index (χ0n) is 19.7. The minimum Gasteiger partial charge on any atom is -0.356 e. The predicted octanol–water partition coefficient (Wildman–Crippen LogP) is 2.65. The van der Waals surface area contributed by atoms with Crippen LogP contribution in [0.15, 0.2) is 48.8 Å². The fourth-order valence-corrected chi connectivity index (χ4v) is 2.32. The van der Waals surface area contributed by atoms with Gasteiger partial charge in [-0.3, -0.25) is 19.6 Å². The Labute approximate surface area is 212 Å². The van der Waals surface area contributed by atoms with Crippen LogP contribution in [0.4, 0.5) is 0 Å². The standard InChI is InChI=1S/2C10H14N2O.2NO3.Ni/c2*1-3-12(4-2)10(13)9-7-5-6-8-11-9;2*2-1(3)4;/h2*5-8H,3-4H2,1-2H3;;;/q;;2*-1;+2. The first-order chi connectivity index (χ1) is 16.0. The van der Waals surface area contributed by atoms with Gasteiger partial charge < -0.3 is 40.4 Å². The summed E-state index contributed by atoms with van der Waals surface area (Å²) in [7, 11) is 0. The van der Waals surface area contributed by atoms with Crippen LogP contribution in [0.3, 0.4) is 0 Å². The molecule has 0 bridgehead atoms. The number of aromatic nitrogens is 2. The number of pyridine rings is 2. The smallest absolute Gasteiger partial charge is 0.356 e. The summed E-state index contributed by atoms with van der Waals surface area (Å²) in [4.78, 5) is 51.4. The number of carbonyl (C=O) groups is 2. The van der Waals surface area contributed by atoms with E-state index >= 15 is 0 Å². The van der Waals surface area contributed by atoms with E-state index in [1.54, 1.807) is 46.5 Å². The maximum absolute atomic E-state index is 11.7. The maximum atomic E-state index is 11.7. The molecule has 0 radical (unpaired) electrons. The second kappa shape index (κ2) is 22.0. The van der Waals surface area contributed by atoms with Crippen LogP contribution in [0.5, 0.6) is 0 Å². The number of amides is 2. The van der Waals surface area contributed by atoms with E-state index in [1.165, 1.54) is 0 Å². The van der Waals surface area contributed by atoms with Gasteiger partial charge in [0.25, 0.3) is 11.8 Å². The van der Waals surface area contributed by atoms with Gasteiger partial charge in [0.1, 0.15) is 11.4 Å². The minimum absolute atomic E-state index is 0. The zero-order chi connectivity index (χ0) is 26.5. The van der Waals surface area contributed by atoms with E-state index in [1.807, 2.05) is 39.8 Å². The van der Waals surface area contributed by atoms with E-state index in [-0.39, 0.29) is 28.3 Å². The summed E-state index contributed by atoms with van der Waals surface area (Å²) in [6.45, 7) is 10.8. The molecule has 2 aromatic heterocycles. The summed E-state index contributed by atoms with van der Waals surface area (Å²) >= 11 is 0.